The molecule has 7 aromatic carbocycles. The molecular weight excluding hydrogens is 1030 g/mol. The Balaban J connectivity index is 0.000000134. The van der Waals surface area contributed by atoms with Crippen LogP contribution in [0.2, 0.25) is 0 Å². The second-order valence-corrected chi connectivity index (χ2v) is 25.1. The summed E-state index contributed by atoms with van der Waals surface area (Å²) in [6, 6.07) is 74.4. The molecule has 0 aliphatic heterocycles. The zero-order valence-corrected chi connectivity index (χ0v) is 50.6. The van der Waals surface area contributed by atoms with E-state index in [-0.39, 0.29) is 21.7 Å². The average Bonchev–Trinajstić information content (AvgIpc) is 4.55. The Kier molecular flexibility index (Phi) is 18.1. The van der Waals surface area contributed by atoms with E-state index in [1.165, 1.54) is 22.3 Å². The van der Waals surface area contributed by atoms with E-state index in [1.54, 1.807) is 0 Å². The number of hydrogen-bond donors (Lipinski definition) is 1. The second-order valence-electron chi connectivity index (χ2n) is 25.1. The van der Waals surface area contributed by atoms with E-state index in [1.807, 2.05) is 128 Å². The van der Waals surface area contributed by atoms with Crippen LogP contribution < -0.4 is 0 Å². The molecular formula is C75H77N7O2. The molecule has 9 heteroatoms. The molecule has 12 aromatic rings. The van der Waals surface area contributed by atoms with Gasteiger partial charge in [0.1, 0.15) is 11.4 Å². The summed E-state index contributed by atoms with van der Waals surface area (Å²) < 4.78 is 13.1. The highest BCUT2D eigenvalue weighted by Crippen LogP contribution is 2.33. The molecule has 0 atom stereocenters. The van der Waals surface area contributed by atoms with Gasteiger partial charge in [-0.2, -0.15) is 5.10 Å². The minimum Gasteiger partial charge on any atom is -0.356 e. The van der Waals surface area contributed by atoms with E-state index in [2.05, 4.69) is 234 Å². The maximum absolute atomic E-state index is 5.52. The lowest BCUT2D eigenvalue weighted by molar-refractivity contribution is 0.434. The third-order valence-corrected chi connectivity index (χ3v) is 14.4. The monoisotopic (exact) mass is 1110 g/mol. The van der Waals surface area contributed by atoms with Crippen molar-refractivity contribution in [3.8, 4) is 84.6 Å². The smallest absolute Gasteiger partial charge is 0.167 e. The van der Waals surface area contributed by atoms with Crippen molar-refractivity contribution in [2.45, 2.75) is 105 Å². The predicted octanol–water partition coefficient (Wildman–Crippen LogP) is 19.9. The summed E-state index contributed by atoms with van der Waals surface area (Å²) in [4.78, 5) is 8.87. The Hall–Kier alpha value is -9.47. The van der Waals surface area contributed by atoms with Gasteiger partial charge in [0.2, 0.25) is 0 Å². The number of aromatic amines is 1. The molecule has 12 rings (SSSR count). The van der Waals surface area contributed by atoms with Crippen LogP contribution in [0.4, 0.5) is 0 Å². The van der Waals surface area contributed by atoms with Crippen molar-refractivity contribution in [1.82, 2.24) is 35.0 Å². The molecule has 5 heterocycles. The first-order valence-corrected chi connectivity index (χ1v) is 28.7. The highest BCUT2D eigenvalue weighted by atomic mass is 16.5. The Morgan fingerprint density at radius 3 is 1.32 bits per heavy atom. The van der Waals surface area contributed by atoms with E-state index >= 15 is 0 Å². The highest BCUT2D eigenvalue weighted by molar-refractivity contribution is 5.70. The number of pyridine rings is 1. The van der Waals surface area contributed by atoms with Gasteiger partial charge in [0, 0.05) is 69.8 Å². The number of imidazole rings is 1. The highest BCUT2D eigenvalue weighted by Gasteiger charge is 2.19. The Bertz CT molecular complexity index is 3470. The van der Waals surface area contributed by atoms with Crippen molar-refractivity contribution in [1.29, 1.82) is 0 Å². The molecule has 0 aliphatic rings. The van der Waals surface area contributed by atoms with Crippen molar-refractivity contribution in [2.75, 3.05) is 0 Å². The van der Waals surface area contributed by atoms with Crippen LogP contribution in [0.15, 0.2) is 252 Å². The molecule has 5 aromatic heterocycles. The fraction of sp³-hybridized carbons (Fsp3) is 0.213. The van der Waals surface area contributed by atoms with Gasteiger partial charge in [-0.3, -0.25) is 10.1 Å². The lowest BCUT2D eigenvalue weighted by atomic mass is 9.86. The number of nitrogens with zero attached hydrogens (tertiary/aromatic N) is 6. The number of rotatable bonds is 8. The minimum absolute atomic E-state index is 0.0849. The van der Waals surface area contributed by atoms with Crippen molar-refractivity contribution >= 4 is 0 Å². The van der Waals surface area contributed by atoms with Gasteiger partial charge in [-0.25, -0.2) is 4.98 Å². The number of nitrogens with one attached hydrogen (secondary N) is 1. The van der Waals surface area contributed by atoms with Crippen molar-refractivity contribution < 1.29 is 9.05 Å². The molecule has 84 heavy (non-hydrogen) atoms. The zero-order chi connectivity index (χ0) is 59.5. The predicted molar refractivity (Wildman–Crippen MR) is 346 cm³/mol. The molecule has 424 valence electrons. The van der Waals surface area contributed by atoms with Gasteiger partial charge in [0.25, 0.3) is 0 Å². The van der Waals surface area contributed by atoms with Gasteiger partial charge in [-0.05, 0) is 85.9 Å². The van der Waals surface area contributed by atoms with Crippen molar-refractivity contribution in [3.63, 3.8) is 0 Å². The minimum atomic E-state index is 0.0849. The maximum Gasteiger partial charge on any atom is 0.167 e. The second kappa shape index (κ2) is 25.8. The number of hydrogen-bond acceptors (Lipinski definition) is 7. The summed E-state index contributed by atoms with van der Waals surface area (Å²) >= 11 is 0. The van der Waals surface area contributed by atoms with Gasteiger partial charge >= 0.3 is 0 Å². The van der Waals surface area contributed by atoms with Crippen LogP contribution in [-0.2, 0) is 21.7 Å². The molecule has 0 amide bonds. The third-order valence-electron chi connectivity index (χ3n) is 14.4. The molecule has 0 saturated carbocycles. The quantitative estimate of drug-likeness (QED) is 0.161. The fourth-order valence-electron chi connectivity index (χ4n) is 9.17. The number of benzene rings is 7. The molecule has 0 radical (unpaired) electrons. The average molecular weight is 1110 g/mol. The fourth-order valence-corrected chi connectivity index (χ4v) is 9.17. The molecule has 0 spiro atoms. The first-order valence-electron chi connectivity index (χ1n) is 28.7. The van der Waals surface area contributed by atoms with Crippen molar-refractivity contribution in [2.24, 2.45) is 0 Å². The van der Waals surface area contributed by atoms with E-state index in [0.29, 0.717) is 0 Å². The van der Waals surface area contributed by atoms with Gasteiger partial charge in [0.15, 0.2) is 11.5 Å². The summed E-state index contributed by atoms with van der Waals surface area (Å²) in [7, 11) is 0. The van der Waals surface area contributed by atoms with Gasteiger partial charge in [-0.15, -0.1) is 0 Å². The summed E-state index contributed by atoms with van der Waals surface area (Å²) in [5.74, 6) is 1.60. The van der Waals surface area contributed by atoms with Crippen LogP contribution in [0.1, 0.15) is 105 Å². The standard InChI is InChI=1S/C19H20N2.2C19H19NO.C18H19N3/c1-19(2,3)16-10-7-11-17(12-16)21-13-18(20-14-21)15-8-5-4-6-9-15;1-19(2,3)16-11-7-10-15(12-16)17-13-18(21-20-17)14-8-5-4-6-9-14;1-19(2,3)16-11-7-10-15(12-16)18-13-17(20-21-18)14-8-5-4-6-9-14;1-18(2,3)15-9-14(11-19-12-15)17-10-16(20-21-17)13-7-5-4-6-8-13/h4-14H,1-3H3;2*4-13H,1-3H3;4-12H,1-3H3,(H,20,21). The van der Waals surface area contributed by atoms with Crippen LogP contribution in [0.3, 0.4) is 0 Å². The Morgan fingerprint density at radius 1 is 0.345 bits per heavy atom. The topological polar surface area (TPSA) is 111 Å². The van der Waals surface area contributed by atoms with Crippen LogP contribution in [0.25, 0.3) is 84.6 Å². The molecule has 0 fully saturated rings. The first kappa shape index (κ1) is 59.2. The number of aromatic nitrogens is 7. The summed E-state index contributed by atoms with van der Waals surface area (Å²) in [5.41, 5.74) is 19.0. The first-order chi connectivity index (χ1) is 40.2. The Morgan fingerprint density at radius 2 is 0.774 bits per heavy atom. The molecule has 0 saturated heterocycles. The molecule has 9 nitrogen and oxygen atoms in total. The van der Waals surface area contributed by atoms with E-state index in [9.17, 15) is 0 Å². The third kappa shape index (κ3) is 15.5. The summed E-state index contributed by atoms with van der Waals surface area (Å²) in [5, 5.41) is 15.9. The van der Waals surface area contributed by atoms with Gasteiger partial charge in [-0.1, -0.05) is 263 Å². The van der Waals surface area contributed by atoms with Gasteiger partial charge in [0.05, 0.1) is 23.4 Å². The van der Waals surface area contributed by atoms with Gasteiger partial charge < -0.3 is 13.6 Å². The molecule has 0 aliphatic carbocycles. The maximum atomic E-state index is 5.52. The largest absolute Gasteiger partial charge is 0.356 e. The van der Waals surface area contributed by atoms with E-state index in [4.69, 9.17) is 9.05 Å². The van der Waals surface area contributed by atoms with E-state index < -0.39 is 0 Å². The summed E-state index contributed by atoms with van der Waals surface area (Å²) in [6.07, 6.45) is 7.75. The van der Waals surface area contributed by atoms with Crippen LogP contribution >= 0.6 is 0 Å². The van der Waals surface area contributed by atoms with E-state index in [0.717, 1.165) is 84.6 Å². The van der Waals surface area contributed by atoms with Crippen LogP contribution in [0, 0.1) is 0 Å². The number of H-pyrrole nitrogens is 1. The van der Waals surface area contributed by atoms with Crippen LogP contribution in [0.5, 0.6) is 0 Å². The normalized spacial score (nSPS) is 11.6. The molecule has 1 N–H and O–H groups in total. The molecule has 0 unspecified atom stereocenters. The Labute approximate surface area is 496 Å². The SMILES string of the molecule is CC(C)(C)c1cccc(-c2cc(-c3ccccc3)no2)c1.CC(C)(C)c1cccc(-c2cc(-c3ccccc3)on2)c1.CC(C)(C)c1cccc(-n2cnc(-c3ccccc3)c2)c1.CC(C)(C)c1cncc(-c2cc(-c3ccccc3)[nH]n2)c1. The summed E-state index contributed by atoms with van der Waals surface area (Å²) in [6.45, 7) is 26.5. The lowest BCUT2D eigenvalue weighted by Crippen LogP contribution is -2.11. The van der Waals surface area contributed by atoms with Crippen molar-refractivity contribution in [3.05, 3.63) is 266 Å². The van der Waals surface area contributed by atoms with Crippen LogP contribution in [-0.4, -0.2) is 35.0 Å². The zero-order valence-electron chi connectivity index (χ0n) is 50.6. The lowest BCUT2D eigenvalue weighted by Gasteiger charge is -2.19. The molecule has 0 bridgehead atoms.